The largest absolute Gasteiger partial charge is 0.388 e. The molecule has 0 saturated heterocycles. The molecule has 0 amide bonds. The van der Waals surface area contributed by atoms with Crippen molar-refractivity contribution in [2.24, 2.45) is 22.7 Å². The maximum absolute atomic E-state index is 13.4. The van der Waals surface area contributed by atoms with Gasteiger partial charge in [0.15, 0.2) is 0 Å². The van der Waals surface area contributed by atoms with E-state index in [1.807, 2.05) is 27.8 Å². The minimum absolute atomic E-state index is 0. The number of benzene rings is 4. The van der Waals surface area contributed by atoms with Crippen LogP contribution < -0.4 is 0 Å². The van der Waals surface area contributed by atoms with E-state index in [2.05, 4.69) is 105 Å². The summed E-state index contributed by atoms with van der Waals surface area (Å²) < 4.78 is 34.1. The SMILES string of the molecule is Brc1csc2ccccc12.C[C@]12Cc3cnn(-c4ccc(F)cc4)c3C=C1CC[C@@H]2CC=O.C[C@]12Cc3cnn(-c4ccc(F)cc4)c3C=C1CC[C@@H]2C[C@@H](O)c1csc2ccccc12.[Y]. The van der Waals surface area contributed by atoms with E-state index >= 15 is 0 Å². The molecule has 8 aromatic rings. The van der Waals surface area contributed by atoms with Crippen LogP contribution in [0.25, 0.3) is 43.7 Å². The van der Waals surface area contributed by atoms with Crippen LogP contribution in [0.2, 0.25) is 0 Å². The zero-order valence-electron chi connectivity index (χ0n) is 36.8. The van der Waals surface area contributed by atoms with Crippen LogP contribution in [0.1, 0.15) is 86.6 Å². The monoisotopic (exact) mass is 1060 g/mol. The summed E-state index contributed by atoms with van der Waals surface area (Å²) in [5.74, 6) is 0.364. The summed E-state index contributed by atoms with van der Waals surface area (Å²) in [6.07, 6.45) is 16.5. The topological polar surface area (TPSA) is 72.9 Å². The quantitative estimate of drug-likeness (QED) is 0.161. The Labute approximate surface area is 425 Å². The smallest absolute Gasteiger partial charge is 0.123 e. The third-order valence-electron chi connectivity index (χ3n) is 14.6. The predicted molar refractivity (Wildman–Crippen MR) is 264 cm³/mol. The molecule has 333 valence electrons. The molecule has 0 spiro atoms. The number of aliphatic hydroxyl groups excluding tert-OH is 1. The van der Waals surface area contributed by atoms with Gasteiger partial charge in [-0.05, 0) is 184 Å². The molecule has 2 fully saturated rings. The van der Waals surface area contributed by atoms with Gasteiger partial charge in [0.25, 0.3) is 0 Å². The number of nitrogens with zero attached hydrogens (tertiary/aromatic N) is 4. The first kappa shape index (κ1) is 46.9. The minimum atomic E-state index is -0.448. The van der Waals surface area contributed by atoms with Gasteiger partial charge in [-0.2, -0.15) is 10.2 Å². The maximum atomic E-state index is 13.4. The van der Waals surface area contributed by atoms with Gasteiger partial charge in [0.2, 0.25) is 0 Å². The fourth-order valence-corrected chi connectivity index (χ4v) is 13.5. The zero-order chi connectivity index (χ0) is 44.9. The molecule has 4 aliphatic rings. The number of rotatable bonds is 7. The molecule has 0 bridgehead atoms. The number of aliphatic hydroxyl groups is 1. The molecule has 1 radical (unpaired) electrons. The second-order valence-electron chi connectivity index (χ2n) is 18.3. The van der Waals surface area contributed by atoms with Gasteiger partial charge in [-0.15, -0.1) is 22.7 Å². The van der Waals surface area contributed by atoms with Gasteiger partial charge in [0.1, 0.15) is 17.9 Å². The van der Waals surface area contributed by atoms with Crippen LogP contribution in [-0.4, -0.2) is 31.0 Å². The predicted octanol–water partition coefficient (Wildman–Crippen LogP) is 14.3. The number of halogens is 3. The van der Waals surface area contributed by atoms with E-state index in [-0.39, 0.29) is 55.2 Å². The number of carbonyl (C=O) groups is 1. The van der Waals surface area contributed by atoms with Crippen LogP contribution >= 0.6 is 38.6 Å². The van der Waals surface area contributed by atoms with Gasteiger partial charge in [-0.3, -0.25) is 0 Å². The first-order valence-electron chi connectivity index (χ1n) is 22.3. The van der Waals surface area contributed by atoms with Crippen LogP contribution in [0, 0.1) is 34.3 Å². The zero-order valence-corrected chi connectivity index (χ0v) is 42.9. The summed E-state index contributed by atoms with van der Waals surface area (Å²) >= 11 is 6.95. The molecule has 2 saturated carbocycles. The van der Waals surface area contributed by atoms with Crippen molar-refractivity contribution in [3.63, 3.8) is 0 Å². The minimum Gasteiger partial charge on any atom is -0.388 e. The molecule has 5 atom stereocenters. The van der Waals surface area contributed by atoms with Crippen molar-refractivity contribution in [3.05, 3.63) is 176 Å². The fraction of sp³-hybridized carbons (Fsp3) is 0.278. The van der Waals surface area contributed by atoms with E-state index in [0.717, 1.165) is 79.6 Å². The summed E-state index contributed by atoms with van der Waals surface area (Å²) in [5.41, 5.74) is 10.4. The summed E-state index contributed by atoms with van der Waals surface area (Å²) in [5, 5.41) is 27.0. The Morgan fingerprint density at radius 2 is 1.21 bits per heavy atom. The van der Waals surface area contributed by atoms with Crippen LogP contribution in [0.15, 0.2) is 136 Å². The standard InChI is InChI=1S/C27H25FN2OS.C19H19FN2O.C8H5BrS.Y/c1-27-14-17-15-29-30(21-10-8-20(28)9-11-21)24(17)12-18(27)6-7-19(27)13-25(31)23-16-32-26-5-3-2-4-22(23)26;1-19-11-13-12-21-22(17-6-4-16(20)5-7-17)18(13)10-15(19)3-2-14(19)8-9-23;9-7-5-10-8-4-2-1-3-6(7)8;/h2-5,8-12,15-16,19,25,31H,6-7,13-14H2,1H3;4-7,9-10,12,14H,2-3,8,11H2,1H3;1-5H;/t19-,25-,27+;14-,19-;;/m11../s1. The second-order valence-corrected chi connectivity index (χ2v) is 21.0. The molecule has 12 heteroatoms. The van der Waals surface area contributed by atoms with E-state index in [0.29, 0.717) is 18.3 Å². The van der Waals surface area contributed by atoms with Crippen molar-refractivity contribution in [1.82, 2.24) is 19.6 Å². The first-order valence-corrected chi connectivity index (χ1v) is 24.8. The van der Waals surface area contributed by atoms with Crippen molar-refractivity contribution in [2.45, 2.75) is 71.3 Å². The van der Waals surface area contributed by atoms with Crippen molar-refractivity contribution in [3.8, 4) is 11.4 Å². The number of aldehydes is 1. The molecular weight excluding hydrogens is 1010 g/mol. The Morgan fingerprint density at radius 3 is 1.76 bits per heavy atom. The van der Waals surface area contributed by atoms with Crippen molar-refractivity contribution < 1.29 is 51.4 Å². The summed E-state index contributed by atoms with van der Waals surface area (Å²) in [7, 11) is 0. The third kappa shape index (κ3) is 8.85. The molecule has 66 heavy (non-hydrogen) atoms. The normalized spacial score (nSPS) is 21.7. The van der Waals surface area contributed by atoms with Gasteiger partial charge in [-0.1, -0.05) is 61.4 Å². The average molecular weight is 1060 g/mol. The van der Waals surface area contributed by atoms with Crippen molar-refractivity contribution in [1.29, 1.82) is 0 Å². The molecule has 6 nitrogen and oxygen atoms in total. The van der Waals surface area contributed by atoms with Crippen LogP contribution in [0.4, 0.5) is 8.78 Å². The molecule has 4 heterocycles. The summed E-state index contributed by atoms with van der Waals surface area (Å²) in [6, 6.07) is 29.6. The van der Waals surface area contributed by atoms with Gasteiger partial charge in [0, 0.05) is 63.8 Å². The number of aromatic nitrogens is 4. The Bertz CT molecular complexity index is 3100. The van der Waals surface area contributed by atoms with Crippen molar-refractivity contribution in [2.75, 3.05) is 0 Å². The van der Waals surface area contributed by atoms with E-state index in [4.69, 9.17) is 0 Å². The van der Waals surface area contributed by atoms with Gasteiger partial charge < -0.3 is 9.90 Å². The number of carbonyl (C=O) groups excluding carboxylic acids is 1. The van der Waals surface area contributed by atoms with Crippen LogP contribution in [0.5, 0.6) is 0 Å². The Kier molecular flexibility index (Phi) is 13.8. The Hall–Kier alpha value is -4.23. The Balaban J connectivity index is 0.000000140. The van der Waals surface area contributed by atoms with Gasteiger partial charge in [0.05, 0.1) is 41.3 Å². The summed E-state index contributed by atoms with van der Waals surface area (Å²) in [4.78, 5) is 11.0. The third-order valence-corrected chi connectivity index (χ3v) is 17.5. The van der Waals surface area contributed by atoms with Crippen LogP contribution in [-0.2, 0) is 50.3 Å². The number of thiophene rings is 2. The maximum Gasteiger partial charge on any atom is 0.123 e. The average Bonchev–Trinajstić information content (AvgIpc) is 4.18. The van der Waals surface area contributed by atoms with Crippen LogP contribution in [0.3, 0.4) is 0 Å². The van der Waals surface area contributed by atoms with Gasteiger partial charge >= 0.3 is 0 Å². The van der Waals surface area contributed by atoms with E-state index in [1.54, 1.807) is 46.9 Å². The number of hydrogen-bond donors (Lipinski definition) is 1. The summed E-state index contributed by atoms with van der Waals surface area (Å²) in [6.45, 7) is 4.63. The van der Waals surface area contributed by atoms with E-state index in [1.165, 1.54) is 71.2 Å². The van der Waals surface area contributed by atoms with Crippen molar-refractivity contribution >= 4 is 77.2 Å². The second kappa shape index (κ2) is 19.4. The number of hydrogen-bond acceptors (Lipinski definition) is 6. The molecule has 1 N–H and O–H groups in total. The molecule has 12 rings (SSSR count). The molecule has 4 aromatic heterocycles. The number of fused-ring (bicyclic) bond motifs is 6. The van der Waals surface area contributed by atoms with E-state index in [9.17, 15) is 18.7 Å². The van der Waals surface area contributed by atoms with E-state index < -0.39 is 6.10 Å². The Morgan fingerprint density at radius 1 is 0.727 bits per heavy atom. The molecule has 4 aromatic carbocycles. The fourth-order valence-electron chi connectivity index (χ4n) is 10.9. The molecular formula is C54H49BrF2N4O2S2Y. The van der Waals surface area contributed by atoms with Gasteiger partial charge in [-0.25, -0.2) is 18.1 Å². The first-order chi connectivity index (χ1) is 31.5. The molecule has 0 unspecified atom stereocenters. The molecule has 4 aliphatic carbocycles. The molecule has 0 aliphatic heterocycles. The number of allylic oxidation sites excluding steroid dienone is 2.